The molecule has 8 nitrogen and oxygen atoms in total. The van der Waals surface area contributed by atoms with Crippen molar-refractivity contribution in [1.29, 1.82) is 0 Å². The fraction of sp³-hybridized carbons (Fsp3) is 0.400. The van der Waals surface area contributed by atoms with Gasteiger partial charge in [-0.15, -0.1) is 11.8 Å². The minimum Gasteiger partial charge on any atom is -0.493 e. The Kier molecular flexibility index (Phi) is 7.62. The van der Waals surface area contributed by atoms with Gasteiger partial charge in [0, 0.05) is 30.4 Å². The number of ether oxygens (including phenoxy) is 2. The van der Waals surface area contributed by atoms with E-state index in [0.717, 1.165) is 16.1 Å². The van der Waals surface area contributed by atoms with Gasteiger partial charge in [-0.1, -0.05) is 18.2 Å². The number of carbonyl (C=O) groups excluding carboxylic acids is 3. The zero-order valence-electron chi connectivity index (χ0n) is 19.3. The van der Waals surface area contributed by atoms with Gasteiger partial charge in [0.05, 0.1) is 19.4 Å². The number of para-hydroxylation sites is 1. The predicted molar refractivity (Wildman–Crippen MR) is 130 cm³/mol. The van der Waals surface area contributed by atoms with Crippen molar-refractivity contribution < 1.29 is 23.9 Å². The summed E-state index contributed by atoms with van der Waals surface area (Å²) >= 11 is 1.28. The standard InChI is InChI=1S/C25H29N3O5S/c1-3-33-19-9-8-16(14-20(19)32-2)15-26-23(29)17-10-12-28(13-11-17)25(31)22-24(30)27-18-6-4-5-7-21(18)34-22/h4-9,14,17,22H,3,10-13,15H2,1-2H3,(H,26,29)(H,27,30)/t22-/m1/s1. The molecule has 1 atom stereocenters. The van der Waals surface area contributed by atoms with Gasteiger partial charge in [0.2, 0.25) is 17.7 Å². The van der Waals surface area contributed by atoms with E-state index in [1.807, 2.05) is 49.4 Å². The third-order valence-electron chi connectivity index (χ3n) is 6.02. The molecule has 2 aliphatic rings. The zero-order valence-corrected chi connectivity index (χ0v) is 20.2. The summed E-state index contributed by atoms with van der Waals surface area (Å²) in [5.41, 5.74) is 1.66. The maximum atomic E-state index is 13.0. The van der Waals surface area contributed by atoms with Crippen LogP contribution in [0.3, 0.4) is 0 Å². The third-order valence-corrected chi connectivity index (χ3v) is 7.29. The SMILES string of the molecule is CCOc1ccc(CNC(=O)C2CCN(C(=O)[C@@H]3Sc4ccccc4NC3=O)CC2)cc1OC. The number of rotatable bonds is 7. The van der Waals surface area contributed by atoms with Crippen LogP contribution in [-0.4, -0.2) is 54.7 Å². The number of hydrogen-bond acceptors (Lipinski definition) is 6. The first-order chi connectivity index (χ1) is 16.5. The monoisotopic (exact) mass is 483 g/mol. The van der Waals surface area contributed by atoms with Crippen LogP contribution >= 0.6 is 11.8 Å². The minimum absolute atomic E-state index is 0.0290. The normalized spacial score (nSPS) is 18.0. The van der Waals surface area contributed by atoms with E-state index in [1.54, 1.807) is 12.0 Å². The zero-order chi connectivity index (χ0) is 24.1. The molecule has 0 aliphatic carbocycles. The molecule has 1 saturated heterocycles. The maximum absolute atomic E-state index is 13.0. The summed E-state index contributed by atoms with van der Waals surface area (Å²) in [6.45, 7) is 3.76. The fourth-order valence-electron chi connectivity index (χ4n) is 4.17. The van der Waals surface area contributed by atoms with E-state index in [0.29, 0.717) is 50.6 Å². The van der Waals surface area contributed by atoms with Crippen molar-refractivity contribution in [2.75, 3.05) is 32.1 Å². The van der Waals surface area contributed by atoms with Crippen molar-refractivity contribution in [3.63, 3.8) is 0 Å². The van der Waals surface area contributed by atoms with E-state index in [1.165, 1.54) is 11.8 Å². The quantitative estimate of drug-likeness (QED) is 0.588. The lowest BCUT2D eigenvalue weighted by Crippen LogP contribution is -2.49. The van der Waals surface area contributed by atoms with Gasteiger partial charge < -0.3 is 25.0 Å². The van der Waals surface area contributed by atoms with Crippen LogP contribution in [0.15, 0.2) is 47.4 Å². The highest BCUT2D eigenvalue weighted by molar-refractivity contribution is 8.01. The second-order valence-electron chi connectivity index (χ2n) is 8.22. The van der Waals surface area contributed by atoms with Gasteiger partial charge in [-0.3, -0.25) is 14.4 Å². The Balaban J connectivity index is 1.28. The first-order valence-electron chi connectivity index (χ1n) is 11.4. The number of thioether (sulfide) groups is 1. The molecule has 3 amide bonds. The van der Waals surface area contributed by atoms with Gasteiger partial charge in [0.15, 0.2) is 16.7 Å². The lowest BCUT2D eigenvalue weighted by molar-refractivity contribution is -0.137. The summed E-state index contributed by atoms with van der Waals surface area (Å²) in [5.74, 6) is 0.621. The summed E-state index contributed by atoms with van der Waals surface area (Å²) in [4.78, 5) is 40.8. The summed E-state index contributed by atoms with van der Waals surface area (Å²) in [6.07, 6.45) is 1.14. The summed E-state index contributed by atoms with van der Waals surface area (Å²) in [5, 5.41) is 5.01. The Morgan fingerprint density at radius 2 is 1.91 bits per heavy atom. The molecule has 1 fully saturated rings. The number of piperidine rings is 1. The third kappa shape index (κ3) is 5.30. The molecule has 34 heavy (non-hydrogen) atoms. The van der Waals surface area contributed by atoms with Gasteiger partial charge in [0.25, 0.3) is 0 Å². The van der Waals surface area contributed by atoms with Crippen LogP contribution in [0.2, 0.25) is 0 Å². The highest BCUT2D eigenvalue weighted by Gasteiger charge is 2.37. The molecule has 0 radical (unpaired) electrons. The average molecular weight is 484 g/mol. The summed E-state index contributed by atoms with van der Waals surface area (Å²) < 4.78 is 10.9. The van der Waals surface area contributed by atoms with Crippen molar-refractivity contribution in [3.8, 4) is 11.5 Å². The van der Waals surface area contributed by atoms with Crippen LogP contribution < -0.4 is 20.1 Å². The maximum Gasteiger partial charge on any atom is 0.247 e. The number of amides is 3. The number of fused-ring (bicyclic) bond motifs is 1. The van der Waals surface area contributed by atoms with E-state index < -0.39 is 5.25 Å². The molecule has 180 valence electrons. The Labute approximate surface area is 203 Å². The topological polar surface area (TPSA) is 97.0 Å². The van der Waals surface area contributed by atoms with Gasteiger partial charge in [-0.2, -0.15) is 0 Å². The number of hydrogen-bond donors (Lipinski definition) is 2. The van der Waals surface area contributed by atoms with Crippen molar-refractivity contribution in [1.82, 2.24) is 10.2 Å². The number of anilines is 1. The Hall–Kier alpha value is -3.20. The number of likely N-dealkylation sites (tertiary alicyclic amines) is 1. The fourth-order valence-corrected chi connectivity index (χ4v) is 5.25. The molecule has 2 aromatic carbocycles. The smallest absolute Gasteiger partial charge is 0.247 e. The number of benzene rings is 2. The second-order valence-corrected chi connectivity index (χ2v) is 9.37. The van der Waals surface area contributed by atoms with Gasteiger partial charge in [-0.05, 0) is 49.6 Å². The molecular weight excluding hydrogens is 454 g/mol. The molecule has 0 unspecified atom stereocenters. The van der Waals surface area contributed by atoms with E-state index >= 15 is 0 Å². The van der Waals surface area contributed by atoms with Crippen molar-refractivity contribution >= 4 is 35.2 Å². The van der Waals surface area contributed by atoms with Crippen LogP contribution in [0.1, 0.15) is 25.3 Å². The molecule has 2 aliphatic heterocycles. The minimum atomic E-state index is -0.796. The van der Waals surface area contributed by atoms with Crippen LogP contribution in [0, 0.1) is 5.92 Å². The molecule has 9 heteroatoms. The van der Waals surface area contributed by atoms with Crippen LogP contribution in [0.5, 0.6) is 11.5 Å². The molecule has 2 aromatic rings. The van der Waals surface area contributed by atoms with Crippen LogP contribution in [0.4, 0.5) is 5.69 Å². The second kappa shape index (κ2) is 10.8. The lowest BCUT2D eigenvalue weighted by atomic mass is 9.95. The molecule has 2 N–H and O–H groups in total. The van der Waals surface area contributed by atoms with E-state index in [-0.39, 0.29) is 23.6 Å². The molecule has 4 rings (SSSR count). The molecule has 0 aromatic heterocycles. The lowest BCUT2D eigenvalue weighted by Gasteiger charge is -2.34. The summed E-state index contributed by atoms with van der Waals surface area (Å²) in [6, 6.07) is 13.1. The van der Waals surface area contributed by atoms with Crippen LogP contribution in [-0.2, 0) is 20.9 Å². The Morgan fingerprint density at radius 3 is 2.65 bits per heavy atom. The van der Waals surface area contributed by atoms with Gasteiger partial charge in [0.1, 0.15) is 0 Å². The number of carbonyl (C=O) groups is 3. The van der Waals surface area contributed by atoms with Crippen LogP contribution in [0.25, 0.3) is 0 Å². The predicted octanol–water partition coefficient (Wildman–Crippen LogP) is 3.06. The Morgan fingerprint density at radius 1 is 1.15 bits per heavy atom. The Bertz CT molecular complexity index is 1070. The molecule has 2 heterocycles. The highest BCUT2D eigenvalue weighted by Crippen LogP contribution is 2.36. The molecular formula is C25H29N3O5S. The van der Waals surface area contributed by atoms with E-state index in [2.05, 4.69) is 10.6 Å². The van der Waals surface area contributed by atoms with Crippen molar-refractivity contribution in [2.24, 2.45) is 5.92 Å². The van der Waals surface area contributed by atoms with Gasteiger partial charge >= 0.3 is 0 Å². The van der Waals surface area contributed by atoms with E-state index in [4.69, 9.17) is 9.47 Å². The summed E-state index contributed by atoms with van der Waals surface area (Å²) in [7, 11) is 1.59. The number of methoxy groups -OCH3 is 1. The van der Waals surface area contributed by atoms with Crippen molar-refractivity contribution in [3.05, 3.63) is 48.0 Å². The highest BCUT2D eigenvalue weighted by atomic mass is 32.2. The van der Waals surface area contributed by atoms with E-state index in [9.17, 15) is 14.4 Å². The van der Waals surface area contributed by atoms with Gasteiger partial charge in [-0.25, -0.2) is 0 Å². The largest absolute Gasteiger partial charge is 0.493 e. The number of nitrogens with zero attached hydrogens (tertiary/aromatic N) is 1. The first-order valence-corrected chi connectivity index (χ1v) is 12.3. The molecule has 0 saturated carbocycles. The first kappa shape index (κ1) is 23.9. The number of nitrogens with one attached hydrogen (secondary N) is 2. The van der Waals surface area contributed by atoms with Crippen molar-refractivity contribution in [2.45, 2.75) is 36.5 Å². The molecule has 0 bridgehead atoms. The average Bonchev–Trinajstić information content (AvgIpc) is 2.87. The molecule has 0 spiro atoms.